The van der Waals surface area contributed by atoms with Gasteiger partial charge in [-0.15, -0.1) is 0 Å². The summed E-state index contributed by atoms with van der Waals surface area (Å²) in [5.41, 5.74) is 2.25. The lowest BCUT2D eigenvalue weighted by atomic mass is 10.1. The fourth-order valence-corrected chi connectivity index (χ4v) is 3.40. The molecule has 1 aromatic heterocycles. The van der Waals surface area contributed by atoms with Gasteiger partial charge in [-0.2, -0.15) is 0 Å². The molecule has 0 fully saturated rings. The number of nitrogens with one attached hydrogen (secondary N) is 1. The zero-order valence-corrected chi connectivity index (χ0v) is 18.2. The summed E-state index contributed by atoms with van der Waals surface area (Å²) in [6.07, 6.45) is 0.112. The Balaban J connectivity index is 1.65. The van der Waals surface area contributed by atoms with Crippen molar-refractivity contribution < 1.29 is 23.4 Å². The van der Waals surface area contributed by atoms with Gasteiger partial charge in [-0.05, 0) is 47.5 Å². The van der Waals surface area contributed by atoms with Gasteiger partial charge < -0.3 is 15.2 Å². The van der Waals surface area contributed by atoms with E-state index in [1.165, 1.54) is 12.3 Å². The second-order valence-electron chi connectivity index (χ2n) is 7.50. The molecule has 1 amide bonds. The van der Waals surface area contributed by atoms with Crippen molar-refractivity contribution >= 4 is 11.7 Å². The van der Waals surface area contributed by atoms with Crippen molar-refractivity contribution in [2.75, 3.05) is 12.4 Å². The van der Waals surface area contributed by atoms with E-state index < -0.39 is 23.6 Å². The van der Waals surface area contributed by atoms with E-state index >= 15 is 0 Å². The predicted molar refractivity (Wildman–Crippen MR) is 123 cm³/mol. The summed E-state index contributed by atoms with van der Waals surface area (Å²) in [6.45, 7) is 0. The maximum Gasteiger partial charge on any atom is 0.229 e. The number of ether oxygens (including phenoxy) is 1. The number of anilines is 1. The van der Waals surface area contributed by atoms with E-state index in [1.54, 1.807) is 43.5 Å². The zero-order chi connectivity index (χ0) is 24.1. The number of hydrogen-bond acceptors (Lipinski definition) is 5. The molecule has 4 rings (SSSR count). The van der Waals surface area contributed by atoms with E-state index in [-0.39, 0.29) is 17.9 Å². The van der Waals surface area contributed by atoms with E-state index in [4.69, 9.17) is 4.74 Å². The molecule has 8 heteroatoms. The normalized spacial score (nSPS) is 11.6. The first-order chi connectivity index (χ1) is 16.4. The largest absolute Gasteiger partial charge is 0.497 e. The Bertz CT molecular complexity index is 1300. The van der Waals surface area contributed by atoms with E-state index in [1.807, 2.05) is 18.2 Å². The molecule has 4 aromatic rings. The molecular weight excluding hydrogens is 440 g/mol. The van der Waals surface area contributed by atoms with Gasteiger partial charge in [0.2, 0.25) is 5.91 Å². The Morgan fingerprint density at radius 3 is 2.44 bits per heavy atom. The number of halogens is 2. The van der Waals surface area contributed by atoms with Crippen LogP contribution in [0, 0.1) is 11.6 Å². The van der Waals surface area contributed by atoms with Crippen molar-refractivity contribution in [2.45, 2.75) is 12.5 Å². The molecule has 0 saturated carbocycles. The maximum atomic E-state index is 13.5. The monoisotopic (exact) mass is 461 g/mol. The van der Waals surface area contributed by atoms with Gasteiger partial charge in [-0.25, -0.2) is 18.7 Å². The molecule has 6 nitrogen and oxygen atoms in total. The summed E-state index contributed by atoms with van der Waals surface area (Å²) < 4.78 is 31.9. The van der Waals surface area contributed by atoms with Gasteiger partial charge in [0, 0.05) is 5.56 Å². The van der Waals surface area contributed by atoms with Gasteiger partial charge in [0.1, 0.15) is 17.5 Å². The highest BCUT2D eigenvalue weighted by Gasteiger charge is 2.21. The molecule has 1 atom stereocenters. The van der Waals surface area contributed by atoms with Crippen molar-refractivity contribution in [3.63, 3.8) is 0 Å². The average Bonchev–Trinajstić information content (AvgIpc) is 2.86. The average molecular weight is 461 g/mol. The van der Waals surface area contributed by atoms with Crippen LogP contribution in [0.4, 0.5) is 14.6 Å². The number of aliphatic hydroxyl groups is 1. The van der Waals surface area contributed by atoms with Gasteiger partial charge in [-0.1, -0.05) is 36.4 Å². The molecule has 1 unspecified atom stereocenters. The molecule has 0 spiro atoms. The molecular formula is C26H21F2N3O3. The third-order valence-electron chi connectivity index (χ3n) is 5.17. The summed E-state index contributed by atoms with van der Waals surface area (Å²) in [7, 11) is 1.57. The Hall–Kier alpha value is -4.17. The van der Waals surface area contributed by atoms with Crippen LogP contribution in [0.2, 0.25) is 0 Å². The molecule has 0 radical (unpaired) electrons. The lowest BCUT2D eigenvalue weighted by molar-refractivity contribution is -0.115. The summed E-state index contributed by atoms with van der Waals surface area (Å²) in [4.78, 5) is 21.5. The second kappa shape index (κ2) is 10.2. The number of nitrogens with zero attached hydrogens (tertiary/aromatic N) is 2. The van der Waals surface area contributed by atoms with Gasteiger partial charge in [-0.3, -0.25) is 4.79 Å². The Labute approximate surface area is 194 Å². The molecule has 0 aliphatic carbocycles. The Morgan fingerprint density at radius 2 is 1.76 bits per heavy atom. The third kappa shape index (κ3) is 5.24. The molecule has 3 aromatic carbocycles. The van der Waals surface area contributed by atoms with Crippen molar-refractivity contribution in [3.8, 4) is 17.0 Å². The molecule has 172 valence electrons. The molecule has 1 heterocycles. The van der Waals surface area contributed by atoms with Crippen LogP contribution in [0.5, 0.6) is 5.75 Å². The fraction of sp³-hybridized carbons (Fsp3) is 0.115. The predicted octanol–water partition coefficient (Wildman–Crippen LogP) is 4.69. The zero-order valence-electron chi connectivity index (χ0n) is 18.2. The van der Waals surface area contributed by atoms with E-state index in [0.717, 1.165) is 17.7 Å². The highest BCUT2D eigenvalue weighted by molar-refractivity contribution is 5.92. The highest BCUT2D eigenvalue weighted by atomic mass is 19.2. The van der Waals surface area contributed by atoms with Crippen LogP contribution < -0.4 is 10.1 Å². The molecule has 0 saturated heterocycles. The number of methoxy groups -OCH3 is 1. The van der Waals surface area contributed by atoms with Crippen LogP contribution in [0.25, 0.3) is 11.3 Å². The number of amides is 1. The molecule has 0 aliphatic rings. The Kier molecular flexibility index (Phi) is 6.89. The van der Waals surface area contributed by atoms with Gasteiger partial charge >= 0.3 is 0 Å². The van der Waals surface area contributed by atoms with Crippen LogP contribution in [-0.4, -0.2) is 28.1 Å². The molecule has 0 bridgehead atoms. The van der Waals surface area contributed by atoms with Crippen LogP contribution >= 0.6 is 0 Å². The minimum Gasteiger partial charge on any atom is -0.497 e. The van der Waals surface area contributed by atoms with Crippen molar-refractivity contribution in [2.24, 2.45) is 0 Å². The number of hydrogen-bond donors (Lipinski definition) is 2. The summed E-state index contributed by atoms with van der Waals surface area (Å²) >= 11 is 0. The maximum absolute atomic E-state index is 13.5. The number of rotatable bonds is 7. The number of aromatic nitrogens is 2. The topological polar surface area (TPSA) is 84.3 Å². The first-order valence-electron chi connectivity index (χ1n) is 10.4. The van der Waals surface area contributed by atoms with Crippen LogP contribution in [0.1, 0.15) is 22.9 Å². The fourth-order valence-electron chi connectivity index (χ4n) is 3.40. The van der Waals surface area contributed by atoms with E-state index in [2.05, 4.69) is 15.3 Å². The quantitative estimate of drug-likeness (QED) is 0.417. The smallest absolute Gasteiger partial charge is 0.229 e. The number of carbonyl (C=O) groups excluding carboxylic acids is 1. The van der Waals surface area contributed by atoms with E-state index in [0.29, 0.717) is 22.6 Å². The molecule has 0 aliphatic heterocycles. The summed E-state index contributed by atoms with van der Waals surface area (Å²) in [6, 6.07) is 19.3. The van der Waals surface area contributed by atoms with Crippen molar-refractivity contribution in [1.29, 1.82) is 0 Å². The third-order valence-corrected chi connectivity index (χ3v) is 5.17. The first kappa shape index (κ1) is 23.0. The van der Waals surface area contributed by atoms with Crippen molar-refractivity contribution in [3.05, 3.63) is 107 Å². The summed E-state index contributed by atoms with van der Waals surface area (Å²) in [5.74, 6) is -1.78. The molecule has 2 N–H and O–H groups in total. The van der Waals surface area contributed by atoms with Crippen LogP contribution in [0.3, 0.4) is 0 Å². The lowest BCUT2D eigenvalue weighted by Gasteiger charge is -2.16. The number of aliphatic hydroxyl groups excluding tert-OH is 1. The van der Waals surface area contributed by atoms with Crippen LogP contribution in [-0.2, 0) is 11.2 Å². The minimum absolute atomic E-state index is 0.0706. The van der Waals surface area contributed by atoms with Gasteiger partial charge in [0.25, 0.3) is 0 Å². The minimum atomic E-state index is -1.16. The highest BCUT2D eigenvalue weighted by Crippen LogP contribution is 2.29. The molecule has 34 heavy (non-hydrogen) atoms. The van der Waals surface area contributed by atoms with E-state index in [9.17, 15) is 18.7 Å². The van der Waals surface area contributed by atoms with Gasteiger partial charge in [0.15, 0.2) is 17.5 Å². The van der Waals surface area contributed by atoms with Crippen molar-refractivity contribution in [1.82, 2.24) is 9.97 Å². The number of benzene rings is 3. The van der Waals surface area contributed by atoms with Crippen LogP contribution in [0.15, 0.2) is 79.0 Å². The summed E-state index contributed by atoms with van der Waals surface area (Å²) in [5, 5.41) is 13.7. The van der Waals surface area contributed by atoms with Gasteiger partial charge in [0.05, 0.1) is 25.4 Å². The SMILES string of the molecule is COc1ccc(-c2cnc(NC(=O)Cc3ccc(F)c(F)c3)c(C(O)c3ccccc3)n2)cc1. The standard InChI is InChI=1S/C26H21F2N3O3/c1-34-19-10-8-17(9-11-19)22-15-29-26(24(30-22)25(33)18-5-3-2-4-6-18)31-23(32)14-16-7-12-20(27)21(28)13-16/h2-13,15,25,33H,14H2,1H3,(H,29,31,32). The lowest BCUT2D eigenvalue weighted by Crippen LogP contribution is -2.19. The second-order valence-corrected chi connectivity index (χ2v) is 7.50. The Morgan fingerprint density at radius 1 is 1.03 bits per heavy atom. The number of carbonyl (C=O) groups is 1. The first-order valence-corrected chi connectivity index (χ1v) is 10.4.